The van der Waals surface area contributed by atoms with E-state index in [4.69, 9.17) is 0 Å². The molecule has 3 N–H and O–H groups in total. The highest BCUT2D eigenvalue weighted by atomic mass is 16.2. The van der Waals surface area contributed by atoms with Crippen LogP contribution in [0.2, 0.25) is 0 Å². The second-order valence-electron chi connectivity index (χ2n) is 4.11. The maximum Gasteiger partial charge on any atom is 0.221 e. The molecule has 0 aliphatic rings. The predicted molar refractivity (Wildman–Crippen MR) is 68.7 cm³/mol. The van der Waals surface area contributed by atoms with E-state index in [1.165, 1.54) is 0 Å². The quantitative estimate of drug-likeness (QED) is 0.549. The molecule has 0 radical (unpaired) electrons. The molecule has 1 unspecified atom stereocenters. The normalized spacial score (nSPS) is 11.9. The van der Waals surface area contributed by atoms with Gasteiger partial charge in [-0.15, -0.1) is 0 Å². The summed E-state index contributed by atoms with van der Waals surface area (Å²) >= 11 is 0. The second kappa shape index (κ2) is 10.1. The van der Waals surface area contributed by atoms with E-state index in [-0.39, 0.29) is 17.9 Å². The Morgan fingerprint density at radius 2 is 1.71 bits per heavy atom. The molecule has 100 valence electrons. The number of hydrogen-bond donors (Lipinski definition) is 3. The van der Waals surface area contributed by atoms with Crippen molar-refractivity contribution >= 4 is 11.8 Å². The molecule has 0 spiro atoms. The van der Waals surface area contributed by atoms with Crippen LogP contribution in [0.3, 0.4) is 0 Å². The first-order chi connectivity index (χ1) is 8.10. The topological polar surface area (TPSA) is 70.2 Å². The van der Waals surface area contributed by atoms with Crippen molar-refractivity contribution in [3.8, 4) is 0 Å². The van der Waals surface area contributed by atoms with E-state index in [2.05, 4.69) is 16.0 Å². The number of hydrogen-bond acceptors (Lipinski definition) is 3. The Hall–Kier alpha value is -1.10. The van der Waals surface area contributed by atoms with Gasteiger partial charge in [-0.3, -0.25) is 9.59 Å². The van der Waals surface area contributed by atoms with Gasteiger partial charge in [0.1, 0.15) is 0 Å². The Morgan fingerprint density at radius 1 is 1.06 bits per heavy atom. The minimum absolute atomic E-state index is 0.00752. The Balaban J connectivity index is 3.53. The van der Waals surface area contributed by atoms with Crippen molar-refractivity contribution in [1.82, 2.24) is 16.0 Å². The summed E-state index contributed by atoms with van der Waals surface area (Å²) in [4.78, 5) is 22.7. The average Bonchev–Trinajstić information content (AvgIpc) is 2.26. The van der Waals surface area contributed by atoms with Crippen molar-refractivity contribution in [2.24, 2.45) is 0 Å². The summed E-state index contributed by atoms with van der Waals surface area (Å²) in [5.41, 5.74) is 0. The first-order valence-corrected chi connectivity index (χ1v) is 6.36. The molecular weight excluding hydrogens is 218 g/mol. The van der Waals surface area contributed by atoms with Gasteiger partial charge in [-0.25, -0.2) is 0 Å². The number of rotatable bonds is 9. The SMILES string of the molecule is CCCNC(=O)CCNC(=O)CC(C)NCC. The van der Waals surface area contributed by atoms with Crippen LogP contribution in [0.5, 0.6) is 0 Å². The van der Waals surface area contributed by atoms with E-state index in [1.54, 1.807) is 0 Å². The molecule has 0 saturated heterocycles. The molecule has 0 heterocycles. The van der Waals surface area contributed by atoms with Gasteiger partial charge in [-0.2, -0.15) is 0 Å². The van der Waals surface area contributed by atoms with Gasteiger partial charge in [0.2, 0.25) is 11.8 Å². The van der Waals surface area contributed by atoms with Crippen molar-refractivity contribution in [3.63, 3.8) is 0 Å². The summed E-state index contributed by atoms with van der Waals surface area (Å²) in [7, 11) is 0. The molecule has 0 aromatic carbocycles. The second-order valence-corrected chi connectivity index (χ2v) is 4.11. The van der Waals surface area contributed by atoms with Gasteiger partial charge in [-0.1, -0.05) is 13.8 Å². The molecule has 1 atom stereocenters. The fourth-order valence-electron chi connectivity index (χ4n) is 1.44. The van der Waals surface area contributed by atoms with E-state index >= 15 is 0 Å². The van der Waals surface area contributed by atoms with Crippen molar-refractivity contribution in [1.29, 1.82) is 0 Å². The lowest BCUT2D eigenvalue weighted by Crippen LogP contribution is -2.35. The summed E-state index contributed by atoms with van der Waals surface area (Å²) in [5, 5.41) is 8.67. The molecule has 0 saturated carbocycles. The zero-order chi connectivity index (χ0) is 13.1. The molecular formula is C12H25N3O2. The molecule has 0 aliphatic heterocycles. The Labute approximate surface area is 104 Å². The van der Waals surface area contributed by atoms with Crippen LogP contribution in [-0.2, 0) is 9.59 Å². The van der Waals surface area contributed by atoms with E-state index in [1.807, 2.05) is 20.8 Å². The molecule has 0 bridgehead atoms. The minimum Gasteiger partial charge on any atom is -0.356 e. The molecule has 0 rings (SSSR count). The highest BCUT2D eigenvalue weighted by Crippen LogP contribution is 1.90. The van der Waals surface area contributed by atoms with Crippen LogP contribution < -0.4 is 16.0 Å². The summed E-state index contributed by atoms with van der Waals surface area (Å²) in [6.45, 7) is 7.94. The maximum absolute atomic E-state index is 11.4. The van der Waals surface area contributed by atoms with E-state index in [0.717, 1.165) is 13.0 Å². The summed E-state index contributed by atoms with van der Waals surface area (Å²) in [6.07, 6.45) is 1.73. The fourth-order valence-corrected chi connectivity index (χ4v) is 1.44. The first-order valence-electron chi connectivity index (χ1n) is 6.36. The Kier molecular flexibility index (Phi) is 9.43. The minimum atomic E-state index is -0.0123. The lowest BCUT2D eigenvalue weighted by molar-refractivity contribution is -0.122. The van der Waals surface area contributed by atoms with Gasteiger partial charge >= 0.3 is 0 Å². The molecule has 2 amide bonds. The average molecular weight is 243 g/mol. The summed E-state index contributed by atoms with van der Waals surface area (Å²) in [6, 6.07) is 0.175. The van der Waals surface area contributed by atoms with Gasteiger partial charge < -0.3 is 16.0 Å². The number of carbonyl (C=O) groups excluding carboxylic acids is 2. The summed E-state index contributed by atoms with van der Waals surface area (Å²) < 4.78 is 0. The Bertz CT molecular complexity index is 232. The van der Waals surface area contributed by atoms with Crippen molar-refractivity contribution in [3.05, 3.63) is 0 Å². The number of nitrogens with one attached hydrogen (secondary N) is 3. The molecule has 0 aromatic rings. The molecule has 0 fully saturated rings. The third kappa shape index (κ3) is 9.81. The van der Waals surface area contributed by atoms with E-state index < -0.39 is 0 Å². The van der Waals surface area contributed by atoms with Crippen LogP contribution in [0.25, 0.3) is 0 Å². The number of amides is 2. The molecule has 5 nitrogen and oxygen atoms in total. The smallest absolute Gasteiger partial charge is 0.221 e. The maximum atomic E-state index is 11.4. The first kappa shape index (κ1) is 15.9. The molecule has 0 aliphatic carbocycles. The number of carbonyl (C=O) groups is 2. The zero-order valence-electron chi connectivity index (χ0n) is 11.1. The van der Waals surface area contributed by atoms with Gasteiger partial charge in [0.15, 0.2) is 0 Å². The molecule has 0 aromatic heterocycles. The van der Waals surface area contributed by atoms with E-state index in [0.29, 0.717) is 25.9 Å². The highest BCUT2D eigenvalue weighted by Gasteiger charge is 2.07. The highest BCUT2D eigenvalue weighted by molar-refractivity contribution is 5.79. The fraction of sp³-hybridized carbons (Fsp3) is 0.833. The molecule has 17 heavy (non-hydrogen) atoms. The van der Waals surface area contributed by atoms with Crippen LogP contribution in [0.15, 0.2) is 0 Å². The van der Waals surface area contributed by atoms with Gasteiger partial charge in [0.25, 0.3) is 0 Å². The van der Waals surface area contributed by atoms with Crippen LogP contribution in [0.4, 0.5) is 0 Å². The predicted octanol–water partition coefficient (Wildman–Crippen LogP) is 0.407. The van der Waals surface area contributed by atoms with Crippen LogP contribution in [-0.4, -0.2) is 37.5 Å². The zero-order valence-corrected chi connectivity index (χ0v) is 11.1. The van der Waals surface area contributed by atoms with E-state index in [9.17, 15) is 9.59 Å². The van der Waals surface area contributed by atoms with Crippen molar-refractivity contribution in [2.75, 3.05) is 19.6 Å². The van der Waals surface area contributed by atoms with Gasteiger partial charge in [0, 0.05) is 32.0 Å². The van der Waals surface area contributed by atoms with Gasteiger partial charge in [0.05, 0.1) is 0 Å². The molecule has 5 heteroatoms. The van der Waals surface area contributed by atoms with Crippen molar-refractivity contribution < 1.29 is 9.59 Å². The lowest BCUT2D eigenvalue weighted by atomic mass is 10.2. The summed E-state index contributed by atoms with van der Waals surface area (Å²) in [5.74, 6) is -0.0198. The largest absolute Gasteiger partial charge is 0.356 e. The van der Waals surface area contributed by atoms with Crippen molar-refractivity contribution in [2.45, 2.75) is 46.1 Å². The standard InChI is InChI=1S/C12H25N3O2/c1-4-7-14-11(16)6-8-15-12(17)9-10(3)13-5-2/h10,13H,4-9H2,1-3H3,(H,14,16)(H,15,17). The lowest BCUT2D eigenvalue weighted by Gasteiger charge is -2.12. The van der Waals surface area contributed by atoms with Gasteiger partial charge in [-0.05, 0) is 19.9 Å². The van der Waals surface area contributed by atoms with Crippen LogP contribution >= 0.6 is 0 Å². The third-order valence-corrected chi connectivity index (χ3v) is 2.29. The monoisotopic (exact) mass is 243 g/mol. The Morgan fingerprint density at radius 3 is 2.29 bits per heavy atom. The third-order valence-electron chi connectivity index (χ3n) is 2.29. The van der Waals surface area contributed by atoms with Crippen LogP contribution in [0.1, 0.15) is 40.0 Å². The van der Waals surface area contributed by atoms with Crippen LogP contribution in [0, 0.1) is 0 Å².